The first-order valence-electron chi connectivity index (χ1n) is 9.19. The lowest BCUT2D eigenvalue weighted by molar-refractivity contribution is -0.202. The van der Waals surface area contributed by atoms with Gasteiger partial charge in [-0.25, -0.2) is 9.69 Å². The van der Waals surface area contributed by atoms with Crippen molar-refractivity contribution in [1.82, 2.24) is 10.6 Å². The predicted molar refractivity (Wildman–Crippen MR) is 95.4 cm³/mol. The van der Waals surface area contributed by atoms with Crippen LogP contribution in [0.5, 0.6) is 0 Å². The van der Waals surface area contributed by atoms with Gasteiger partial charge >= 0.3 is 12.2 Å². The van der Waals surface area contributed by atoms with E-state index in [4.69, 9.17) is 0 Å². The average molecular weight is 397 g/mol. The summed E-state index contributed by atoms with van der Waals surface area (Å²) in [6.07, 6.45) is -1.87. The lowest BCUT2D eigenvalue weighted by Crippen LogP contribution is -2.70. The van der Waals surface area contributed by atoms with Crippen LogP contribution in [-0.2, 0) is 9.59 Å². The first-order chi connectivity index (χ1) is 13.1. The monoisotopic (exact) mass is 397 g/mol. The fourth-order valence-corrected chi connectivity index (χ4v) is 3.63. The minimum absolute atomic E-state index is 0.0173. The number of urea groups is 1. The number of alkyl halides is 3. The van der Waals surface area contributed by atoms with Crippen LogP contribution < -0.4 is 15.5 Å². The molecule has 0 unspecified atom stereocenters. The first kappa shape index (κ1) is 20.2. The van der Waals surface area contributed by atoms with E-state index in [1.54, 1.807) is 25.2 Å². The maximum Gasteiger partial charge on any atom is 0.440 e. The summed E-state index contributed by atoms with van der Waals surface area (Å²) < 4.78 is 41.8. The lowest BCUT2D eigenvalue weighted by atomic mass is 9.88. The molecule has 9 heteroatoms. The van der Waals surface area contributed by atoms with Crippen LogP contribution in [-0.4, -0.2) is 29.7 Å². The first-order valence-corrected chi connectivity index (χ1v) is 9.19. The summed E-state index contributed by atoms with van der Waals surface area (Å²) in [5.41, 5.74) is -1.86. The maximum absolute atomic E-state index is 13.9. The van der Waals surface area contributed by atoms with Crippen LogP contribution >= 0.6 is 0 Å². The van der Waals surface area contributed by atoms with Crippen molar-refractivity contribution in [2.45, 2.75) is 57.8 Å². The van der Waals surface area contributed by atoms with Crippen molar-refractivity contribution in [2.24, 2.45) is 5.92 Å². The fraction of sp³-hybridized carbons (Fsp3) is 0.526. The number of halogens is 3. The predicted octanol–water partition coefficient (Wildman–Crippen LogP) is 3.31. The quantitative estimate of drug-likeness (QED) is 0.768. The molecule has 1 saturated heterocycles. The van der Waals surface area contributed by atoms with Crippen LogP contribution in [0.4, 0.5) is 23.7 Å². The molecule has 28 heavy (non-hydrogen) atoms. The van der Waals surface area contributed by atoms with Gasteiger partial charge in [0.1, 0.15) is 0 Å². The van der Waals surface area contributed by atoms with Crippen molar-refractivity contribution in [2.75, 3.05) is 4.90 Å². The Hall–Kier alpha value is -2.58. The molecule has 1 aromatic carbocycles. The number of amides is 4. The van der Waals surface area contributed by atoms with Gasteiger partial charge in [0.05, 0.1) is 5.69 Å². The summed E-state index contributed by atoms with van der Waals surface area (Å²) in [7, 11) is 0. The molecule has 6 nitrogen and oxygen atoms in total. The van der Waals surface area contributed by atoms with Crippen molar-refractivity contribution in [1.29, 1.82) is 0 Å². The number of benzene rings is 1. The standard InChI is InChI=1S/C19H22F3N3O3/c1-11-8-9-14(10-12(11)2)25-16(27)18(19(20,21)22,24-17(25)28)23-15(26)13-6-4-3-5-7-13/h8-10,13H,3-7H2,1-2H3,(H,23,26)(H,24,28)/t18-/m0/s1. The van der Waals surface area contributed by atoms with Gasteiger partial charge in [0.15, 0.2) is 0 Å². The summed E-state index contributed by atoms with van der Waals surface area (Å²) in [5, 5.41) is 3.51. The molecule has 1 aliphatic heterocycles. The molecule has 0 spiro atoms. The second-order valence-electron chi connectivity index (χ2n) is 7.41. The summed E-state index contributed by atoms with van der Waals surface area (Å²) in [6.45, 7) is 3.52. The molecule has 3 rings (SSSR count). The highest BCUT2D eigenvalue weighted by Gasteiger charge is 2.69. The highest BCUT2D eigenvalue weighted by Crippen LogP contribution is 2.37. The van der Waals surface area contributed by atoms with Gasteiger partial charge in [-0.1, -0.05) is 25.3 Å². The molecule has 1 atom stereocenters. The van der Waals surface area contributed by atoms with Crippen molar-refractivity contribution < 1.29 is 27.6 Å². The van der Waals surface area contributed by atoms with Crippen LogP contribution in [0.3, 0.4) is 0 Å². The summed E-state index contributed by atoms with van der Waals surface area (Å²) in [5.74, 6) is -3.03. The number of aryl methyl sites for hydroxylation is 2. The Morgan fingerprint density at radius 1 is 1.14 bits per heavy atom. The number of rotatable bonds is 3. The van der Waals surface area contributed by atoms with Gasteiger partial charge < -0.3 is 5.32 Å². The zero-order chi connectivity index (χ0) is 20.7. The van der Waals surface area contributed by atoms with Gasteiger partial charge in [-0.2, -0.15) is 13.2 Å². The van der Waals surface area contributed by atoms with Gasteiger partial charge in [0.25, 0.3) is 11.6 Å². The van der Waals surface area contributed by atoms with E-state index in [9.17, 15) is 27.6 Å². The zero-order valence-corrected chi connectivity index (χ0v) is 15.7. The van der Waals surface area contributed by atoms with E-state index in [0.29, 0.717) is 23.3 Å². The van der Waals surface area contributed by atoms with Crippen LogP contribution in [0, 0.1) is 19.8 Å². The molecule has 1 heterocycles. The van der Waals surface area contributed by atoms with Crippen molar-refractivity contribution in [3.63, 3.8) is 0 Å². The molecular weight excluding hydrogens is 375 g/mol. The molecule has 2 fully saturated rings. The molecule has 0 aromatic heterocycles. The van der Waals surface area contributed by atoms with Crippen molar-refractivity contribution in [3.05, 3.63) is 29.3 Å². The van der Waals surface area contributed by atoms with E-state index >= 15 is 0 Å². The van der Waals surface area contributed by atoms with Crippen molar-refractivity contribution in [3.8, 4) is 0 Å². The zero-order valence-electron chi connectivity index (χ0n) is 15.7. The summed E-state index contributed by atoms with van der Waals surface area (Å²) >= 11 is 0. The topological polar surface area (TPSA) is 78.5 Å². The van der Waals surface area contributed by atoms with Crippen LogP contribution in [0.2, 0.25) is 0 Å². The Labute approximate surface area is 160 Å². The van der Waals surface area contributed by atoms with E-state index in [1.165, 1.54) is 12.1 Å². The number of carbonyl (C=O) groups is 3. The van der Waals surface area contributed by atoms with E-state index in [1.807, 2.05) is 5.32 Å². The number of carbonyl (C=O) groups excluding carboxylic acids is 3. The largest absolute Gasteiger partial charge is 0.440 e. The lowest BCUT2D eigenvalue weighted by Gasteiger charge is -2.32. The third kappa shape index (κ3) is 3.33. The van der Waals surface area contributed by atoms with Gasteiger partial charge in [0.2, 0.25) is 5.91 Å². The molecule has 1 saturated carbocycles. The summed E-state index contributed by atoms with van der Waals surface area (Å²) in [4.78, 5) is 38.1. The smallest absolute Gasteiger partial charge is 0.318 e. The molecule has 152 valence electrons. The molecule has 2 N–H and O–H groups in total. The van der Waals surface area contributed by atoms with E-state index in [2.05, 4.69) is 0 Å². The Kier molecular flexibility index (Phi) is 5.12. The number of nitrogens with one attached hydrogen (secondary N) is 2. The van der Waals surface area contributed by atoms with Gasteiger partial charge in [-0.15, -0.1) is 0 Å². The van der Waals surface area contributed by atoms with Crippen LogP contribution in [0.1, 0.15) is 43.2 Å². The number of anilines is 1. The van der Waals surface area contributed by atoms with Gasteiger partial charge in [-0.3, -0.25) is 14.9 Å². The van der Waals surface area contributed by atoms with Crippen LogP contribution in [0.25, 0.3) is 0 Å². The number of nitrogens with zero attached hydrogens (tertiary/aromatic N) is 1. The SMILES string of the molecule is Cc1ccc(N2C(=O)N[C@](NC(=O)C3CCCCC3)(C(F)(F)F)C2=O)cc1C. The Bertz CT molecular complexity index is 818. The second kappa shape index (κ2) is 7.10. The van der Waals surface area contributed by atoms with E-state index in [-0.39, 0.29) is 5.69 Å². The highest BCUT2D eigenvalue weighted by atomic mass is 19.4. The third-order valence-electron chi connectivity index (χ3n) is 5.48. The van der Waals surface area contributed by atoms with Gasteiger partial charge in [-0.05, 0) is 49.9 Å². The Balaban J connectivity index is 1.95. The molecule has 2 aliphatic rings. The fourth-order valence-electron chi connectivity index (χ4n) is 3.63. The molecule has 4 amide bonds. The van der Waals surface area contributed by atoms with Crippen molar-refractivity contribution >= 4 is 23.5 Å². The normalized spacial score (nSPS) is 23.7. The van der Waals surface area contributed by atoms with E-state index < -0.39 is 35.6 Å². The molecule has 1 aliphatic carbocycles. The maximum atomic E-state index is 13.9. The molecule has 0 bridgehead atoms. The van der Waals surface area contributed by atoms with E-state index in [0.717, 1.165) is 24.8 Å². The Morgan fingerprint density at radius 3 is 2.36 bits per heavy atom. The number of imide groups is 1. The number of hydrogen-bond donors (Lipinski definition) is 2. The second-order valence-corrected chi connectivity index (χ2v) is 7.41. The van der Waals surface area contributed by atoms with Gasteiger partial charge in [0, 0.05) is 5.92 Å². The Morgan fingerprint density at radius 2 is 1.79 bits per heavy atom. The molecule has 0 radical (unpaired) electrons. The average Bonchev–Trinajstić information content (AvgIpc) is 2.89. The highest BCUT2D eigenvalue weighted by molar-refractivity contribution is 6.24. The summed E-state index contributed by atoms with van der Waals surface area (Å²) in [6, 6.07) is 3.24. The molecular formula is C19H22F3N3O3. The molecule has 1 aromatic rings. The van der Waals surface area contributed by atoms with Crippen LogP contribution in [0.15, 0.2) is 18.2 Å². The third-order valence-corrected chi connectivity index (χ3v) is 5.48. The minimum Gasteiger partial charge on any atom is -0.318 e. The minimum atomic E-state index is -5.20. The number of hydrogen-bond acceptors (Lipinski definition) is 3.